The van der Waals surface area contributed by atoms with Crippen LogP contribution >= 0.6 is 22.9 Å². The Morgan fingerprint density at radius 1 is 1.47 bits per heavy atom. The van der Waals surface area contributed by atoms with Crippen molar-refractivity contribution in [3.63, 3.8) is 0 Å². The first-order chi connectivity index (χ1) is 7.29. The Morgan fingerprint density at radius 2 is 2.33 bits per heavy atom. The van der Waals surface area contributed by atoms with Gasteiger partial charge in [-0.3, -0.25) is 5.84 Å². The van der Waals surface area contributed by atoms with Crippen LogP contribution in [-0.2, 0) is 6.42 Å². The Labute approximate surface area is 96.8 Å². The van der Waals surface area contributed by atoms with E-state index in [4.69, 9.17) is 21.9 Å². The molecule has 2 heterocycles. The van der Waals surface area contributed by atoms with Gasteiger partial charge in [-0.1, -0.05) is 6.07 Å². The van der Waals surface area contributed by atoms with Crippen LogP contribution in [0.3, 0.4) is 0 Å². The van der Waals surface area contributed by atoms with Crippen molar-refractivity contribution < 1.29 is 4.42 Å². The van der Waals surface area contributed by atoms with Crippen LogP contribution in [0.25, 0.3) is 0 Å². The number of hydrogen-bond acceptors (Lipinski definition) is 4. The summed E-state index contributed by atoms with van der Waals surface area (Å²) in [4.78, 5) is 1.26. The van der Waals surface area contributed by atoms with Crippen LogP contribution in [0.2, 0.25) is 5.22 Å². The topological polar surface area (TPSA) is 51.2 Å². The van der Waals surface area contributed by atoms with Crippen LogP contribution in [0.1, 0.15) is 16.7 Å². The number of nitrogens with two attached hydrogens (primary N) is 1. The molecule has 3 nitrogen and oxygen atoms in total. The number of furan rings is 1. The van der Waals surface area contributed by atoms with Crippen molar-refractivity contribution in [2.75, 3.05) is 0 Å². The zero-order valence-electron chi connectivity index (χ0n) is 7.94. The fourth-order valence-electron chi connectivity index (χ4n) is 1.39. The normalized spacial score (nSPS) is 12.9. The lowest BCUT2D eigenvalue weighted by molar-refractivity contribution is 0.418. The summed E-state index contributed by atoms with van der Waals surface area (Å²) in [6, 6.07) is 7.61. The molecule has 0 aliphatic heterocycles. The average Bonchev–Trinajstić information content (AvgIpc) is 2.85. The molecule has 5 heteroatoms. The highest BCUT2D eigenvalue weighted by molar-refractivity contribution is 7.09. The quantitative estimate of drug-likeness (QED) is 0.640. The number of halogens is 1. The standard InChI is InChI=1S/C10H11ClN2OS/c11-10-4-3-9(14-10)8(13-12)6-7-2-1-5-15-7/h1-5,8,13H,6,12H2. The van der Waals surface area contributed by atoms with E-state index in [1.807, 2.05) is 17.5 Å². The highest BCUT2D eigenvalue weighted by Gasteiger charge is 2.14. The minimum Gasteiger partial charge on any atom is -0.448 e. The maximum atomic E-state index is 5.71. The number of nitrogens with one attached hydrogen (secondary N) is 1. The molecule has 0 fully saturated rings. The molecule has 0 aliphatic carbocycles. The van der Waals surface area contributed by atoms with E-state index in [-0.39, 0.29) is 6.04 Å². The van der Waals surface area contributed by atoms with E-state index in [2.05, 4.69) is 11.5 Å². The van der Waals surface area contributed by atoms with Crippen molar-refractivity contribution in [1.82, 2.24) is 5.43 Å². The van der Waals surface area contributed by atoms with Gasteiger partial charge in [-0.15, -0.1) is 11.3 Å². The van der Waals surface area contributed by atoms with E-state index in [0.29, 0.717) is 5.22 Å². The van der Waals surface area contributed by atoms with Gasteiger partial charge in [0, 0.05) is 11.3 Å². The predicted octanol–water partition coefficient (Wildman–Crippen LogP) is 2.74. The second-order valence-electron chi connectivity index (χ2n) is 3.14. The molecule has 80 valence electrons. The summed E-state index contributed by atoms with van der Waals surface area (Å²) < 4.78 is 5.31. The van der Waals surface area contributed by atoms with Gasteiger partial charge in [-0.25, -0.2) is 5.43 Å². The Kier molecular flexibility index (Phi) is 3.43. The number of hydrazine groups is 1. The maximum Gasteiger partial charge on any atom is 0.193 e. The molecule has 3 N–H and O–H groups in total. The van der Waals surface area contributed by atoms with Gasteiger partial charge in [-0.2, -0.15) is 0 Å². The molecule has 2 aromatic rings. The molecule has 1 atom stereocenters. The van der Waals surface area contributed by atoms with Gasteiger partial charge in [0.2, 0.25) is 0 Å². The van der Waals surface area contributed by atoms with Crippen LogP contribution in [0.4, 0.5) is 0 Å². The first kappa shape index (κ1) is 10.7. The van der Waals surface area contributed by atoms with E-state index in [9.17, 15) is 0 Å². The zero-order chi connectivity index (χ0) is 10.7. The van der Waals surface area contributed by atoms with E-state index in [1.54, 1.807) is 17.4 Å². The Balaban J connectivity index is 2.11. The molecule has 0 aliphatic rings. The lowest BCUT2D eigenvalue weighted by Crippen LogP contribution is -2.29. The molecular formula is C10H11ClN2OS. The van der Waals surface area contributed by atoms with Gasteiger partial charge in [0.25, 0.3) is 0 Å². The third kappa shape index (κ3) is 2.60. The minimum absolute atomic E-state index is 0.0313. The molecule has 0 radical (unpaired) electrons. The molecular weight excluding hydrogens is 232 g/mol. The number of thiophene rings is 1. The van der Waals surface area contributed by atoms with Crippen molar-refractivity contribution >= 4 is 22.9 Å². The summed E-state index contributed by atoms with van der Waals surface area (Å²) in [5, 5.41) is 2.43. The van der Waals surface area contributed by atoms with E-state index in [0.717, 1.165) is 12.2 Å². The Bertz CT molecular complexity index is 413. The third-order valence-corrected chi connectivity index (χ3v) is 3.23. The SMILES string of the molecule is NNC(Cc1cccs1)c1ccc(Cl)o1. The Hall–Kier alpha value is -0.810. The van der Waals surface area contributed by atoms with Crippen molar-refractivity contribution in [2.45, 2.75) is 12.5 Å². The molecule has 0 aromatic carbocycles. The fraction of sp³-hybridized carbons (Fsp3) is 0.200. The second kappa shape index (κ2) is 4.81. The van der Waals surface area contributed by atoms with Crippen molar-refractivity contribution in [3.05, 3.63) is 45.5 Å². The van der Waals surface area contributed by atoms with E-state index in [1.165, 1.54) is 4.88 Å². The van der Waals surface area contributed by atoms with Gasteiger partial charge in [0.1, 0.15) is 5.76 Å². The highest BCUT2D eigenvalue weighted by atomic mass is 35.5. The molecule has 0 bridgehead atoms. The van der Waals surface area contributed by atoms with Gasteiger partial charge in [0.05, 0.1) is 6.04 Å². The van der Waals surface area contributed by atoms with Crippen molar-refractivity contribution in [2.24, 2.45) is 5.84 Å². The van der Waals surface area contributed by atoms with Gasteiger partial charge >= 0.3 is 0 Å². The average molecular weight is 243 g/mol. The van der Waals surface area contributed by atoms with Crippen LogP contribution in [0.5, 0.6) is 0 Å². The molecule has 1 unspecified atom stereocenters. The van der Waals surface area contributed by atoms with Crippen molar-refractivity contribution in [1.29, 1.82) is 0 Å². The van der Waals surface area contributed by atoms with Gasteiger partial charge in [-0.05, 0) is 35.2 Å². The number of hydrogen-bond donors (Lipinski definition) is 2. The van der Waals surface area contributed by atoms with Gasteiger partial charge in [0.15, 0.2) is 5.22 Å². The largest absolute Gasteiger partial charge is 0.448 e. The molecule has 0 saturated carbocycles. The maximum absolute atomic E-state index is 5.71. The fourth-order valence-corrected chi connectivity index (χ4v) is 2.29. The summed E-state index contributed by atoms with van der Waals surface area (Å²) in [5.41, 5.74) is 2.72. The monoisotopic (exact) mass is 242 g/mol. The molecule has 2 rings (SSSR count). The van der Waals surface area contributed by atoms with Crippen LogP contribution < -0.4 is 11.3 Å². The Morgan fingerprint density at radius 3 is 2.87 bits per heavy atom. The minimum atomic E-state index is -0.0313. The summed E-state index contributed by atoms with van der Waals surface area (Å²) in [6.45, 7) is 0. The molecule has 0 saturated heterocycles. The van der Waals surface area contributed by atoms with E-state index >= 15 is 0 Å². The third-order valence-electron chi connectivity index (χ3n) is 2.12. The zero-order valence-corrected chi connectivity index (χ0v) is 9.52. The summed E-state index contributed by atoms with van der Waals surface area (Å²) >= 11 is 7.41. The predicted molar refractivity (Wildman–Crippen MR) is 61.8 cm³/mol. The molecule has 0 amide bonds. The molecule has 15 heavy (non-hydrogen) atoms. The van der Waals surface area contributed by atoms with E-state index < -0.39 is 0 Å². The van der Waals surface area contributed by atoms with Crippen LogP contribution in [-0.4, -0.2) is 0 Å². The van der Waals surface area contributed by atoms with Gasteiger partial charge < -0.3 is 4.42 Å². The summed E-state index contributed by atoms with van der Waals surface area (Å²) in [7, 11) is 0. The molecule has 0 spiro atoms. The van der Waals surface area contributed by atoms with Crippen molar-refractivity contribution in [3.8, 4) is 0 Å². The second-order valence-corrected chi connectivity index (χ2v) is 4.55. The lowest BCUT2D eigenvalue weighted by atomic mass is 10.1. The highest BCUT2D eigenvalue weighted by Crippen LogP contribution is 2.24. The lowest BCUT2D eigenvalue weighted by Gasteiger charge is -2.11. The summed E-state index contributed by atoms with van der Waals surface area (Å²) in [5.74, 6) is 6.24. The smallest absolute Gasteiger partial charge is 0.193 e. The number of rotatable bonds is 4. The van der Waals surface area contributed by atoms with Crippen LogP contribution in [0.15, 0.2) is 34.1 Å². The van der Waals surface area contributed by atoms with Crippen LogP contribution in [0, 0.1) is 0 Å². The first-order valence-corrected chi connectivity index (χ1v) is 5.79. The summed E-state index contributed by atoms with van der Waals surface area (Å²) in [6.07, 6.45) is 0.804. The molecule has 2 aromatic heterocycles. The first-order valence-electron chi connectivity index (χ1n) is 4.53.